The Hall–Kier alpha value is -2.38. The molecule has 0 aromatic heterocycles. The van der Waals surface area contributed by atoms with Gasteiger partial charge in [-0.05, 0) is 67.3 Å². The van der Waals surface area contributed by atoms with Gasteiger partial charge in [-0.3, -0.25) is 4.79 Å². The van der Waals surface area contributed by atoms with Crippen molar-refractivity contribution in [1.82, 2.24) is 4.31 Å². The van der Waals surface area contributed by atoms with Gasteiger partial charge < -0.3 is 9.84 Å². The molecule has 1 N–H and O–H groups in total. The van der Waals surface area contributed by atoms with Gasteiger partial charge in [0.2, 0.25) is 10.0 Å². The van der Waals surface area contributed by atoms with E-state index in [0.29, 0.717) is 11.7 Å². The number of sulfonamides is 1. The summed E-state index contributed by atoms with van der Waals surface area (Å²) < 4.78 is 34.3. The van der Waals surface area contributed by atoms with Crippen LogP contribution >= 0.6 is 0 Å². The highest BCUT2D eigenvalue weighted by Gasteiger charge is 2.33. The molecular weight excluding hydrogens is 450 g/mol. The molecule has 1 fully saturated rings. The Labute approximate surface area is 203 Å². The first-order valence-corrected chi connectivity index (χ1v) is 13.7. The number of para-hydroxylation sites is 1. The number of fused-ring (bicyclic) bond motifs is 1. The summed E-state index contributed by atoms with van der Waals surface area (Å²) in [5.41, 5.74) is 2.89. The molecule has 2 aliphatic rings. The molecule has 34 heavy (non-hydrogen) atoms. The Morgan fingerprint density at radius 2 is 1.91 bits per heavy atom. The SMILES string of the molecule is Cc1ccc(C(CCC2CCCC2)CC(=O)O)cc1CN1CC(C)Oc2ccccc2S1(=O)=O. The molecule has 4 rings (SSSR count). The lowest BCUT2D eigenvalue weighted by Crippen LogP contribution is -2.35. The second kappa shape index (κ2) is 10.5. The van der Waals surface area contributed by atoms with Gasteiger partial charge in [0, 0.05) is 6.54 Å². The third kappa shape index (κ3) is 5.63. The van der Waals surface area contributed by atoms with E-state index in [9.17, 15) is 18.3 Å². The smallest absolute Gasteiger partial charge is 0.303 e. The molecule has 2 aromatic rings. The second-order valence-electron chi connectivity index (χ2n) is 9.88. The van der Waals surface area contributed by atoms with Gasteiger partial charge in [0.15, 0.2) is 0 Å². The molecule has 0 spiro atoms. The monoisotopic (exact) mass is 485 g/mol. The Morgan fingerprint density at radius 3 is 2.65 bits per heavy atom. The van der Waals surface area contributed by atoms with Crippen LogP contribution in [0.5, 0.6) is 5.75 Å². The van der Waals surface area contributed by atoms with Crippen molar-refractivity contribution < 1.29 is 23.1 Å². The highest BCUT2D eigenvalue weighted by molar-refractivity contribution is 7.89. The minimum absolute atomic E-state index is 0.0684. The largest absolute Gasteiger partial charge is 0.488 e. The van der Waals surface area contributed by atoms with Crippen molar-refractivity contribution in [2.24, 2.45) is 5.92 Å². The zero-order chi connectivity index (χ0) is 24.3. The summed E-state index contributed by atoms with van der Waals surface area (Å²) in [4.78, 5) is 11.8. The number of rotatable bonds is 8. The molecule has 1 saturated carbocycles. The van der Waals surface area contributed by atoms with E-state index in [1.807, 2.05) is 32.0 Å². The van der Waals surface area contributed by atoms with Crippen molar-refractivity contribution >= 4 is 16.0 Å². The first-order chi connectivity index (χ1) is 16.2. The van der Waals surface area contributed by atoms with Crippen LogP contribution < -0.4 is 4.74 Å². The van der Waals surface area contributed by atoms with Crippen LogP contribution in [0.25, 0.3) is 0 Å². The molecule has 0 radical (unpaired) electrons. The number of carbonyl (C=O) groups is 1. The maximum absolute atomic E-state index is 13.5. The zero-order valence-electron chi connectivity index (χ0n) is 20.1. The van der Waals surface area contributed by atoms with E-state index in [1.54, 1.807) is 24.3 Å². The van der Waals surface area contributed by atoms with Crippen LogP contribution in [-0.4, -0.2) is 36.4 Å². The lowest BCUT2D eigenvalue weighted by atomic mass is 9.86. The Kier molecular flexibility index (Phi) is 7.63. The van der Waals surface area contributed by atoms with E-state index in [4.69, 9.17) is 4.74 Å². The van der Waals surface area contributed by atoms with E-state index >= 15 is 0 Å². The fourth-order valence-corrected chi connectivity index (χ4v) is 6.94. The van der Waals surface area contributed by atoms with Gasteiger partial charge >= 0.3 is 5.97 Å². The lowest BCUT2D eigenvalue weighted by Gasteiger charge is -2.24. The number of aliphatic carboxylic acids is 1. The van der Waals surface area contributed by atoms with Crippen LogP contribution in [-0.2, 0) is 21.4 Å². The highest BCUT2D eigenvalue weighted by Crippen LogP contribution is 2.35. The first-order valence-electron chi connectivity index (χ1n) is 12.3. The van der Waals surface area contributed by atoms with E-state index in [0.717, 1.165) is 29.5 Å². The minimum atomic E-state index is -3.73. The fourth-order valence-electron chi connectivity index (χ4n) is 5.33. The zero-order valence-corrected chi connectivity index (χ0v) is 20.9. The molecule has 1 aliphatic carbocycles. The summed E-state index contributed by atoms with van der Waals surface area (Å²) in [5.74, 6) is 0.221. The number of nitrogens with zero attached hydrogens (tertiary/aromatic N) is 1. The molecular formula is C27H35NO5S. The average molecular weight is 486 g/mol. The van der Waals surface area contributed by atoms with Gasteiger partial charge in [-0.15, -0.1) is 0 Å². The molecule has 2 unspecified atom stereocenters. The first kappa shape index (κ1) is 24.7. The van der Waals surface area contributed by atoms with Crippen molar-refractivity contribution in [1.29, 1.82) is 0 Å². The van der Waals surface area contributed by atoms with Crippen LogP contribution in [0.4, 0.5) is 0 Å². The molecule has 0 saturated heterocycles. The second-order valence-corrected chi connectivity index (χ2v) is 11.8. The lowest BCUT2D eigenvalue weighted by molar-refractivity contribution is -0.137. The summed E-state index contributed by atoms with van der Waals surface area (Å²) in [6.45, 7) is 4.33. The topological polar surface area (TPSA) is 83.9 Å². The van der Waals surface area contributed by atoms with Crippen molar-refractivity contribution in [2.45, 2.75) is 82.3 Å². The molecule has 6 nitrogen and oxygen atoms in total. The molecule has 2 aromatic carbocycles. The summed E-state index contributed by atoms with van der Waals surface area (Å²) >= 11 is 0. The number of carboxylic acids is 1. The standard InChI is InChI=1S/C27H35NO5S/c1-19-11-13-22(23(16-27(29)30)14-12-21-7-3-4-8-21)15-24(19)18-28-17-20(2)33-25-9-5-6-10-26(25)34(28,31)32/h5-6,9-11,13,15,20-21,23H,3-4,7-8,12,14,16-18H2,1-2H3,(H,29,30). The molecule has 7 heteroatoms. The van der Waals surface area contributed by atoms with Crippen molar-refractivity contribution in [3.8, 4) is 5.75 Å². The predicted octanol–water partition coefficient (Wildman–Crippen LogP) is 5.50. The van der Waals surface area contributed by atoms with E-state index < -0.39 is 16.0 Å². The van der Waals surface area contributed by atoms with Crippen LogP contribution in [0.15, 0.2) is 47.4 Å². The number of carboxylic acid groups (broad SMARTS) is 1. The van der Waals surface area contributed by atoms with Gasteiger partial charge in [-0.2, -0.15) is 4.31 Å². The van der Waals surface area contributed by atoms with Crippen molar-refractivity contribution in [3.63, 3.8) is 0 Å². The van der Waals surface area contributed by atoms with Crippen LogP contribution in [0, 0.1) is 12.8 Å². The van der Waals surface area contributed by atoms with Crippen LogP contribution in [0.3, 0.4) is 0 Å². The maximum Gasteiger partial charge on any atom is 0.303 e. The number of aryl methyl sites for hydroxylation is 1. The van der Waals surface area contributed by atoms with Gasteiger partial charge in [-0.25, -0.2) is 8.42 Å². The third-order valence-corrected chi connectivity index (χ3v) is 9.12. The number of hydrogen-bond acceptors (Lipinski definition) is 4. The van der Waals surface area contributed by atoms with Gasteiger partial charge in [0.05, 0.1) is 13.0 Å². The van der Waals surface area contributed by atoms with Crippen LogP contribution in [0.1, 0.15) is 74.5 Å². The minimum Gasteiger partial charge on any atom is -0.488 e. The molecule has 184 valence electrons. The van der Waals surface area contributed by atoms with E-state index in [1.165, 1.54) is 30.0 Å². The Morgan fingerprint density at radius 1 is 1.18 bits per heavy atom. The number of hydrogen-bond donors (Lipinski definition) is 1. The number of benzene rings is 2. The molecule has 1 aliphatic heterocycles. The van der Waals surface area contributed by atoms with E-state index in [2.05, 4.69) is 0 Å². The maximum atomic E-state index is 13.5. The predicted molar refractivity (Wildman–Crippen MR) is 131 cm³/mol. The summed E-state index contributed by atoms with van der Waals surface area (Å²) in [7, 11) is -3.73. The van der Waals surface area contributed by atoms with Crippen molar-refractivity contribution in [3.05, 3.63) is 59.2 Å². The summed E-state index contributed by atoms with van der Waals surface area (Å²) in [5, 5.41) is 9.54. The summed E-state index contributed by atoms with van der Waals surface area (Å²) in [6.07, 6.45) is 6.74. The van der Waals surface area contributed by atoms with Crippen LogP contribution in [0.2, 0.25) is 0 Å². The molecule has 1 heterocycles. The van der Waals surface area contributed by atoms with Gasteiger partial charge in [0.1, 0.15) is 16.7 Å². The number of ether oxygens (including phenoxy) is 1. The van der Waals surface area contributed by atoms with E-state index in [-0.39, 0.29) is 36.4 Å². The molecule has 0 amide bonds. The van der Waals surface area contributed by atoms with Crippen molar-refractivity contribution in [2.75, 3.05) is 6.54 Å². The third-order valence-electron chi connectivity index (χ3n) is 7.27. The Balaban J connectivity index is 1.60. The molecule has 0 bridgehead atoms. The summed E-state index contributed by atoms with van der Waals surface area (Å²) in [6, 6.07) is 12.8. The fraction of sp³-hybridized carbons (Fsp3) is 0.519. The van der Waals surface area contributed by atoms with Gasteiger partial charge in [-0.1, -0.05) is 56.0 Å². The normalized spacial score (nSPS) is 21.4. The quantitative estimate of drug-likeness (QED) is 0.534. The average Bonchev–Trinajstić information content (AvgIpc) is 3.28. The molecule has 2 atom stereocenters. The highest BCUT2D eigenvalue weighted by atomic mass is 32.2. The van der Waals surface area contributed by atoms with Gasteiger partial charge in [0.25, 0.3) is 0 Å². The Bertz CT molecular complexity index is 1120.